The van der Waals surface area contributed by atoms with E-state index in [1.165, 1.54) is 0 Å². The molecular weight excluding hydrogens is 268 g/mol. The molecule has 0 aliphatic heterocycles. The van der Waals surface area contributed by atoms with Crippen LogP contribution in [0.25, 0.3) is 11.0 Å². The first kappa shape index (κ1) is 15.2. The van der Waals surface area contributed by atoms with E-state index in [1.807, 2.05) is 6.92 Å². The van der Waals surface area contributed by atoms with Gasteiger partial charge in [-0.3, -0.25) is 0 Å². The molecule has 6 N–H and O–H groups in total. The maximum Gasteiger partial charge on any atom is 0.222 e. The first-order valence-corrected chi connectivity index (χ1v) is 7.05. The van der Waals surface area contributed by atoms with Crippen LogP contribution in [-0.4, -0.2) is 32.2 Å². The van der Waals surface area contributed by atoms with Crippen molar-refractivity contribution in [2.45, 2.75) is 38.6 Å². The summed E-state index contributed by atoms with van der Waals surface area (Å²) < 4.78 is 0. The number of fused-ring (bicyclic) bond motifs is 1. The molecule has 0 bridgehead atoms. The number of rotatable bonds is 6. The van der Waals surface area contributed by atoms with Gasteiger partial charge < -0.3 is 21.9 Å². The van der Waals surface area contributed by atoms with Crippen molar-refractivity contribution < 1.29 is 5.11 Å². The van der Waals surface area contributed by atoms with E-state index in [4.69, 9.17) is 11.5 Å². The van der Waals surface area contributed by atoms with Gasteiger partial charge in [-0.25, -0.2) is 9.97 Å². The molecule has 2 aromatic heterocycles. The SMILES string of the molecule is CCCCC(C)(CO)Nc1nc(N)nc2cc(N)cnc12. The number of nitrogens with zero attached hydrogens (tertiary/aromatic N) is 3. The van der Waals surface area contributed by atoms with Gasteiger partial charge in [0.25, 0.3) is 0 Å². The number of nitrogen functional groups attached to an aromatic ring is 2. The molecular formula is C14H22N6O. The lowest BCUT2D eigenvalue weighted by Crippen LogP contribution is -2.39. The van der Waals surface area contributed by atoms with E-state index in [0.29, 0.717) is 22.5 Å². The first-order chi connectivity index (χ1) is 9.97. The van der Waals surface area contributed by atoms with Gasteiger partial charge in [-0.15, -0.1) is 0 Å². The minimum absolute atomic E-state index is 0.00657. The molecule has 2 rings (SSSR count). The zero-order valence-corrected chi connectivity index (χ0v) is 12.4. The molecule has 0 aromatic carbocycles. The lowest BCUT2D eigenvalue weighted by molar-refractivity contribution is 0.212. The van der Waals surface area contributed by atoms with Gasteiger partial charge >= 0.3 is 0 Å². The molecule has 114 valence electrons. The Morgan fingerprint density at radius 1 is 1.33 bits per heavy atom. The summed E-state index contributed by atoms with van der Waals surface area (Å²) in [6.45, 7) is 4.05. The number of hydrogen-bond acceptors (Lipinski definition) is 7. The highest BCUT2D eigenvalue weighted by Gasteiger charge is 2.24. The molecule has 0 aliphatic rings. The molecule has 1 atom stereocenters. The second-order valence-corrected chi connectivity index (χ2v) is 5.51. The Bertz CT molecular complexity index is 627. The summed E-state index contributed by atoms with van der Waals surface area (Å²) in [7, 11) is 0. The van der Waals surface area contributed by atoms with Crippen molar-refractivity contribution in [3.05, 3.63) is 12.3 Å². The molecule has 1 unspecified atom stereocenters. The number of aliphatic hydroxyl groups excluding tert-OH is 1. The fourth-order valence-electron chi connectivity index (χ4n) is 2.17. The van der Waals surface area contributed by atoms with E-state index in [-0.39, 0.29) is 12.6 Å². The highest BCUT2D eigenvalue weighted by atomic mass is 16.3. The van der Waals surface area contributed by atoms with Gasteiger partial charge in [-0.2, -0.15) is 4.98 Å². The summed E-state index contributed by atoms with van der Waals surface area (Å²) in [4.78, 5) is 12.6. The Hall–Kier alpha value is -2.15. The summed E-state index contributed by atoms with van der Waals surface area (Å²) in [5.41, 5.74) is 12.7. The molecule has 7 nitrogen and oxygen atoms in total. The molecule has 2 aromatic rings. The van der Waals surface area contributed by atoms with Gasteiger partial charge in [0.05, 0.1) is 29.5 Å². The van der Waals surface area contributed by atoms with Crippen molar-refractivity contribution in [3.63, 3.8) is 0 Å². The predicted molar refractivity (Wildman–Crippen MR) is 84.8 cm³/mol. The van der Waals surface area contributed by atoms with Crippen molar-refractivity contribution in [1.82, 2.24) is 15.0 Å². The number of hydrogen-bond donors (Lipinski definition) is 4. The third kappa shape index (κ3) is 3.49. The Morgan fingerprint density at radius 3 is 2.76 bits per heavy atom. The van der Waals surface area contributed by atoms with Crippen LogP contribution in [-0.2, 0) is 0 Å². The van der Waals surface area contributed by atoms with Crippen LogP contribution in [0.2, 0.25) is 0 Å². The molecule has 21 heavy (non-hydrogen) atoms. The van der Waals surface area contributed by atoms with Gasteiger partial charge in [0.2, 0.25) is 5.95 Å². The number of nitrogens with one attached hydrogen (secondary N) is 1. The summed E-state index contributed by atoms with van der Waals surface area (Å²) >= 11 is 0. The first-order valence-electron chi connectivity index (χ1n) is 7.05. The van der Waals surface area contributed by atoms with E-state index in [0.717, 1.165) is 19.3 Å². The smallest absolute Gasteiger partial charge is 0.222 e. The largest absolute Gasteiger partial charge is 0.397 e. The number of unbranched alkanes of at least 4 members (excludes halogenated alkanes) is 1. The van der Waals surface area contributed by atoms with E-state index in [9.17, 15) is 5.11 Å². The van der Waals surface area contributed by atoms with Crippen LogP contribution in [0.15, 0.2) is 12.3 Å². The van der Waals surface area contributed by atoms with Gasteiger partial charge in [-0.1, -0.05) is 19.8 Å². The van der Waals surface area contributed by atoms with E-state index >= 15 is 0 Å². The number of aromatic nitrogens is 3. The molecule has 0 fully saturated rings. The van der Waals surface area contributed by atoms with Crippen molar-refractivity contribution in [2.24, 2.45) is 0 Å². The summed E-state index contributed by atoms with van der Waals surface area (Å²) in [5, 5.41) is 12.9. The highest BCUT2D eigenvalue weighted by Crippen LogP contribution is 2.25. The molecule has 0 amide bonds. The molecule has 0 spiro atoms. The fourth-order valence-corrected chi connectivity index (χ4v) is 2.17. The predicted octanol–water partition coefficient (Wildman–Crippen LogP) is 1.54. The van der Waals surface area contributed by atoms with Crippen LogP contribution >= 0.6 is 0 Å². The average Bonchev–Trinajstić information content (AvgIpc) is 2.44. The molecule has 0 radical (unpaired) electrons. The van der Waals surface area contributed by atoms with Crippen molar-refractivity contribution in [2.75, 3.05) is 23.4 Å². The van der Waals surface area contributed by atoms with E-state index in [2.05, 4.69) is 27.2 Å². The maximum atomic E-state index is 9.68. The topological polar surface area (TPSA) is 123 Å². The van der Waals surface area contributed by atoms with Crippen molar-refractivity contribution in [3.8, 4) is 0 Å². The van der Waals surface area contributed by atoms with Gasteiger partial charge in [-0.05, 0) is 19.4 Å². The minimum Gasteiger partial charge on any atom is -0.397 e. The fraction of sp³-hybridized carbons (Fsp3) is 0.500. The molecule has 0 saturated heterocycles. The van der Waals surface area contributed by atoms with E-state index in [1.54, 1.807) is 12.3 Å². The number of aliphatic hydroxyl groups is 1. The third-order valence-corrected chi connectivity index (χ3v) is 3.43. The number of anilines is 3. The van der Waals surface area contributed by atoms with Gasteiger partial charge in [0, 0.05) is 0 Å². The number of pyridine rings is 1. The Morgan fingerprint density at radius 2 is 2.10 bits per heavy atom. The lowest BCUT2D eigenvalue weighted by atomic mass is 9.96. The number of nitrogens with two attached hydrogens (primary N) is 2. The third-order valence-electron chi connectivity index (χ3n) is 3.43. The Labute approximate surface area is 123 Å². The van der Waals surface area contributed by atoms with Crippen LogP contribution in [0.3, 0.4) is 0 Å². The highest BCUT2D eigenvalue weighted by molar-refractivity contribution is 5.87. The van der Waals surface area contributed by atoms with Crippen molar-refractivity contribution >= 4 is 28.5 Å². The van der Waals surface area contributed by atoms with Crippen LogP contribution in [0, 0.1) is 0 Å². The van der Waals surface area contributed by atoms with Gasteiger partial charge in [0.1, 0.15) is 5.52 Å². The summed E-state index contributed by atoms with van der Waals surface area (Å²) in [5.74, 6) is 0.665. The maximum absolute atomic E-state index is 9.68. The quantitative estimate of drug-likeness (QED) is 0.636. The van der Waals surface area contributed by atoms with Gasteiger partial charge in [0.15, 0.2) is 5.82 Å². The van der Waals surface area contributed by atoms with E-state index < -0.39 is 5.54 Å². The Kier molecular flexibility index (Phi) is 4.42. The van der Waals surface area contributed by atoms with Crippen LogP contribution in [0.1, 0.15) is 33.1 Å². The zero-order chi connectivity index (χ0) is 15.5. The summed E-state index contributed by atoms with van der Waals surface area (Å²) in [6, 6.07) is 1.70. The average molecular weight is 290 g/mol. The second kappa shape index (κ2) is 6.09. The second-order valence-electron chi connectivity index (χ2n) is 5.51. The molecule has 7 heteroatoms. The normalized spacial score (nSPS) is 14.0. The van der Waals surface area contributed by atoms with Crippen molar-refractivity contribution in [1.29, 1.82) is 0 Å². The minimum atomic E-state index is -0.479. The lowest BCUT2D eigenvalue weighted by Gasteiger charge is -2.29. The molecule has 0 aliphatic carbocycles. The Balaban J connectivity index is 2.41. The standard InChI is InChI=1S/C14H22N6O/c1-3-4-5-14(2,8-21)20-12-11-10(18-13(16)19-12)6-9(15)7-17-11/h6-7,21H,3-5,8,15H2,1-2H3,(H3,16,18,19,20). The van der Waals surface area contributed by atoms with Crippen LogP contribution in [0.5, 0.6) is 0 Å². The monoisotopic (exact) mass is 290 g/mol. The molecule has 2 heterocycles. The summed E-state index contributed by atoms with van der Waals surface area (Å²) in [6.07, 6.45) is 4.43. The van der Waals surface area contributed by atoms with Crippen LogP contribution in [0.4, 0.5) is 17.5 Å². The van der Waals surface area contributed by atoms with Crippen LogP contribution < -0.4 is 16.8 Å². The molecule has 0 saturated carbocycles. The zero-order valence-electron chi connectivity index (χ0n) is 12.4.